The number of ether oxygens (including phenoxy) is 1. The highest BCUT2D eigenvalue weighted by Gasteiger charge is 2.35. The Bertz CT molecular complexity index is 519. The van der Waals surface area contributed by atoms with E-state index in [0.29, 0.717) is 13.0 Å². The highest BCUT2D eigenvalue weighted by atomic mass is 19.1. The van der Waals surface area contributed by atoms with Crippen molar-refractivity contribution in [3.8, 4) is 0 Å². The van der Waals surface area contributed by atoms with Gasteiger partial charge < -0.3 is 15.4 Å². The number of rotatable bonds is 2. The van der Waals surface area contributed by atoms with Gasteiger partial charge in [0.2, 0.25) is 0 Å². The molecule has 1 aromatic rings. The minimum Gasteiger partial charge on any atom is -0.467 e. The molecule has 1 amide bonds. The van der Waals surface area contributed by atoms with E-state index in [1.54, 1.807) is 0 Å². The van der Waals surface area contributed by atoms with Crippen LogP contribution in [0.5, 0.6) is 0 Å². The van der Waals surface area contributed by atoms with Gasteiger partial charge >= 0.3 is 5.97 Å². The molecular weight excluding hydrogens is 251 g/mol. The molecule has 1 aliphatic heterocycles. The maximum Gasteiger partial charge on any atom is 0.328 e. The van der Waals surface area contributed by atoms with Gasteiger partial charge in [-0.1, -0.05) is 0 Å². The maximum absolute atomic E-state index is 13.1. The molecule has 1 fully saturated rings. The van der Waals surface area contributed by atoms with Crippen molar-refractivity contribution >= 4 is 17.6 Å². The molecule has 0 aliphatic carbocycles. The Morgan fingerprint density at radius 1 is 1.47 bits per heavy atom. The number of halogens is 1. The van der Waals surface area contributed by atoms with E-state index in [9.17, 15) is 14.0 Å². The number of likely N-dealkylation sites (tertiary alicyclic amines) is 1. The van der Waals surface area contributed by atoms with Gasteiger partial charge in [0, 0.05) is 12.1 Å². The lowest BCUT2D eigenvalue weighted by Gasteiger charge is -2.22. The lowest BCUT2D eigenvalue weighted by atomic mass is 10.1. The second kappa shape index (κ2) is 5.26. The molecule has 5 nitrogen and oxygen atoms in total. The number of anilines is 1. The molecule has 1 aliphatic rings. The average Bonchev–Trinajstić information content (AvgIpc) is 2.89. The van der Waals surface area contributed by atoms with Crippen LogP contribution < -0.4 is 5.73 Å². The number of carbonyl (C=O) groups is 2. The fourth-order valence-electron chi connectivity index (χ4n) is 2.23. The molecule has 0 saturated carbocycles. The molecule has 2 rings (SSSR count). The first-order valence-corrected chi connectivity index (χ1v) is 5.98. The van der Waals surface area contributed by atoms with E-state index >= 15 is 0 Å². The Morgan fingerprint density at radius 2 is 2.21 bits per heavy atom. The highest BCUT2D eigenvalue weighted by molar-refractivity contribution is 5.97. The number of amides is 1. The van der Waals surface area contributed by atoms with Crippen molar-refractivity contribution in [2.45, 2.75) is 18.9 Å². The largest absolute Gasteiger partial charge is 0.467 e. The fraction of sp³-hybridized carbons (Fsp3) is 0.385. The molecule has 1 heterocycles. The topological polar surface area (TPSA) is 72.6 Å². The van der Waals surface area contributed by atoms with Gasteiger partial charge in [-0.3, -0.25) is 4.79 Å². The third-order valence-electron chi connectivity index (χ3n) is 3.23. The standard InChI is InChI=1S/C13H15FN2O3/c1-19-13(18)11-3-2-6-16(11)12(17)8-4-5-9(14)10(15)7-8/h4-5,7,11H,2-3,6,15H2,1H3. The average molecular weight is 266 g/mol. The Morgan fingerprint density at radius 3 is 2.84 bits per heavy atom. The van der Waals surface area contributed by atoms with Crippen LogP contribution in [-0.4, -0.2) is 36.5 Å². The third kappa shape index (κ3) is 2.52. The number of hydrogen-bond acceptors (Lipinski definition) is 4. The van der Waals surface area contributed by atoms with Gasteiger partial charge in [-0.25, -0.2) is 9.18 Å². The molecule has 19 heavy (non-hydrogen) atoms. The lowest BCUT2D eigenvalue weighted by molar-refractivity contribution is -0.145. The van der Waals surface area contributed by atoms with Crippen molar-refractivity contribution in [2.24, 2.45) is 0 Å². The van der Waals surface area contributed by atoms with E-state index in [-0.39, 0.29) is 17.2 Å². The highest BCUT2D eigenvalue weighted by Crippen LogP contribution is 2.22. The van der Waals surface area contributed by atoms with Gasteiger partial charge in [0.05, 0.1) is 12.8 Å². The van der Waals surface area contributed by atoms with Crippen molar-refractivity contribution in [1.82, 2.24) is 4.90 Å². The number of nitrogens with two attached hydrogens (primary N) is 1. The first kappa shape index (κ1) is 13.3. The van der Waals surface area contributed by atoms with Crippen LogP contribution in [0.15, 0.2) is 18.2 Å². The zero-order valence-electron chi connectivity index (χ0n) is 10.6. The summed E-state index contributed by atoms with van der Waals surface area (Å²) >= 11 is 0. The van der Waals surface area contributed by atoms with Crippen LogP contribution in [0.4, 0.5) is 10.1 Å². The molecule has 102 valence electrons. The van der Waals surface area contributed by atoms with E-state index in [0.717, 1.165) is 12.5 Å². The van der Waals surface area contributed by atoms with Crippen LogP contribution in [0.1, 0.15) is 23.2 Å². The monoisotopic (exact) mass is 266 g/mol. The predicted octanol–water partition coefficient (Wildman–Crippen LogP) is 1.19. The van der Waals surface area contributed by atoms with E-state index in [1.165, 1.54) is 24.1 Å². The molecule has 1 atom stereocenters. The number of carbonyl (C=O) groups excluding carboxylic acids is 2. The van der Waals surface area contributed by atoms with Crippen LogP contribution in [-0.2, 0) is 9.53 Å². The van der Waals surface area contributed by atoms with Crippen molar-refractivity contribution in [3.05, 3.63) is 29.6 Å². The van der Waals surface area contributed by atoms with E-state index in [1.807, 2.05) is 0 Å². The van der Waals surface area contributed by atoms with Crippen molar-refractivity contribution < 1.29 is 18.7 Å². The molecule has 0 radical (unpaired) electrons. The Kier molecular flexibility index (Phi) is 3.69. The van der Waals surface area contributed by atoms with E-state index in [2.05, 4.69) is 4.74 Å². The molecule has 2 N–H and O–H groups in total. The second-order valence-electron chi connectivity index (χ2n) is 4.42. The first-order chi connectivity index (χ1) is 9.04. The zero-order chi connectivity index (χ0) is 14.0. The van der Waals surface area contributed by atoms with Crippen LogP contribution in [0.25, 0.3) is 0 Å². The van der Waals surface area contributed by atoms with E-state index in [4.69, 9.17) is 5.73 Å². The van der Waals surface area contributed by atoms with Crippen LogP contribution in [0.3, 0.4) is 0 Å². The normalized spacial score (nSPS) is 18.4. The number of esters is 1. The van der Waals surface area contributed by atoms with Gasteiger partial charge in [-0.2, -0.15) is 0 Å². The predicted molar refractivity (Wildman–Crippen MR) is 66.9 cm³/mol. The minimum absolute atomic E-state index is 0.0836. The van der Waals surface area contributed by atoms with Crippen LogP contribution in [0.2, 0.25) is 0 Å². The molecule has 1 saturated heterocycles. The summed E-state index contributed by atoms with van der Waals surface area (Å²) in [7, 11) is 1.29. The Balaban J connectivity index is 2.23. The number of nitrogens with zero attached hydrogens (tertiary/aromatic N) is 1. The number of benzene rings is 1. The lowest BCUT2D eigenvalue weighted by Crippen LogP contribution is -2.41. The van der Waals surface area contributed by atoms with Gasteiger partial charge in [0.1, 0.15) is 11.9 Å². The smallest absolute Gasteiger partial charge is 0.328 e. The molecule has 0 spiro atoms. The van der Waals surface area contributed by atoms with E-state index < -0.39 is 17.8 Å². The molecule has 1 unspecified atom stereocenters. The summed E-state index contributed by atoms with van der Waals surface area (Å²) < 4.78 is 17.8. The van der Waals surface area contributed by atoms with Crippen LogP contribution >= 0.6 is 0 Å². The fourth-order valence-corrected chi connectivity index (χ4v) is 2.23. The molecule has 0 aromatic heterocycles. The van der Waals surface area contributed by atoms with Gasteiger partial charge in [0.15, 0.2) is 0 Å². The summed E-state index contributed by atoms with van der Waals surface area (Å²) in [6, 6.07) is 3.22. The first-order valence-electron chi connectivity index (χ1n) is 5.98. The summed E-state index contributed by atoms with van der Waals surface area (Å²) in [5, 5.41) is 0. The molecule has 0 bridgehead atoms. The zero-order valence-corrected chi connectivity index (χ0v) is 10.6. The number of methoxy groups -OCH3 is 1. The number of nitrogen functional groups attached to an aromatic ring is 1. The SMILES string of the molecule is COC(=O)C1CCCN1C(=O)c1ccc(F)c(N)c1. The van der Waals surface area contributed by atoms with Crippen molar-refractivity contribution in [2.75, 3.05) is 19.4 Å². The molecule has 6 heteroatoms. The summed E-state index contributed by atoms with van der Waals surface area (Å²) in [5.74, 6) is -1.33. The van der Waals surface area contributed by atoms with Gasteiger partial charge in [-0.05, 0) is 31.0 Å². The summed E-state index contributed by atoms with van der Waals surface area (Å²) in [6.45, 7) is 0.482. The van der Waals surface area contributed by atoms with Gasteiger partial charge in [0.25, 0.3) is 5.91 Å². The third-order valence-corrected chi connectivity index (χ3v) is 3.23. The Hall–Kier alpha value is -2.11. The molecular formula is C13H15FN2O3. The molecule has 1 aromatic carbocycles. The summed E-state index contributed by atoms with van der Waals surface area (Å²) in [4.78, 5) is 25.3. The Labute approximate surface area is 110 Å². The van der Waals surface area contributed by atoms with Crippen molar-refractivity contribution in [3.63, 3.8) is 0 Å². The minimum atomic E-state index is -0.567. The van der Waals surface area contributed by atoms with Gasteiger partial charge in [-0.15, -0.1) is 0 Å². The summed E-state index contributed by atoms with van der Waals surface area (Å²) in [5.41, 5.74) is 5.63. The maximum atomic E-state index is 13.1. The van der Waals surface area contributed by atoms with Crippen molar-refractivity contribution in [1.29, 1.82) is 0 Å². The quantitative estimate of drug-likeness (QED) is 0.644. The number of hydrogen-bond donors (Lipinski definition) is 1. The second-order valence-corrected chi connectivity index (χ2v) is 4.42. The summed E-state index contributed by atoms with van der Waals surface area (Å²) in [6.07, 6.45) is 1.32. The van der Waals surface area contributed by atoms with Crippen LogP contribution in [0, 0.1) is 5.82 Å².